The highest BCUT2D eigenvalue weighted by molar-refractivity contribution is 5.10. The molecule has 0 amide bonds. The zero-order valence-corrected chi connectivity index (χ0v) is 8.18. The van der Waals surface area contributed by atoms with Crippen LogP contribution in [0.5, 0.6) is 0 Å². The second kappa shape index (κ2) is 3.18. The van der Waals surface area contributed by atoms with E-state index in [4.69, 9.17) is 10.2 Å². The van der Waals surface area contributed by atoms with Crippen molar-refractivity contribution in [1.82, 2.24) is 0 Å². The van der Waals surface area contributed by atoms with Crippen molar-refractivity contribution in [2.75, 3.05) is 0 Å². The molecule has 0 bridgehead atoms. The van der Waals surface area contributed by atoms with Crippen molar-refractivity contribution in [2.24, 2.45) is 5.73 Å². The fourth-order valence-corrected chi connectivity index (χ4v) is 2.18. The summed E-state index contributed by atoms with van der Waals surface area (Å²) in [5, 5.41) is 0. The van der Waals surface area contributed by atoms with Crippen molar-refractivity contribution in [1.29, 1.82) is 0 Å². The van der Waals surface area contributed by atoms with E-state index in [1.54, 1.807) is 0 Å². The first-order valence-electron chi connectivity index (χ1n) is 5.02. The van der Waals surface area contributed by atoms with E-state index < -0.39 is 0 Å². The zero-order valence-electron chi connectivity index (χ0n) is 8.18. The molecule has 1 saturated carbocycles. The summed E-state index contributed by atoms with van der Waals surface area (Å²) in [5.74, 6) is 2.03. The van der Waals surface area contributed by atoms with Gasteiger partial charge in [0.15, 0.2) is 0 Å². The average molecular weight is 179 g/mol. The summed E-state index contributed by atoms with van der Waals surface area (Å²) >= 11 is 0. The van der Waals surface area contributed by atoms with Gasteiger partial charge in [0.1, 0.15) is 11.5 Å². The van der Waals surface area contributed by atoms with Gasteiger partial charge in [0.25, 0.3) is 0 Å². The maximum absolute atomic E-state index is 6.24. The molecule has 0 aliphatic heterocycles. The van der Waals surface area contributed by atoms with Crippen molar-refractivity contribution in [3.63, 3.8) is 0 Å². The molecule has 1 aromatic heterocycles. The summed E-state index contributed by atoms with van der Waals surface area (Å²) in [6, 6.07) is 4.05. The molecule has 2 rings (SSSR count). The lowest BCUT2D eigenvalue weighted by Crippen LogP contribution is -2.38. The molecule has 0 saturated heterocycles. The third-order valence-electron chi connectivity index (χ3n) is 2.92. The second-order valence-corrected chi connectivity index (χ2v) is 4.26. The third-order valence-corrected chi connectivity index (χ3v) is 2.92. The highest BCUT2D eigenvalue weighted by atomic mass is 16.3. The van der Waals surface area contributed by atoms with Crippen LogP contribution in [0.25, 0.3) is 0 Å². The van der Waals surface area contributed by atoms with Crippen LogP contribution in [-0.2, 0) is 6.42 Å². The lowest BCUT2D eigenvalue weighted by molar-refractivity contribution is 0.379. The Kier molecular flexibility index (Phi) is 2.16. The van der Waals surface area contributed by atoms with E-state index in [9.17, 15) is 0 Å². The van der Waals surface area contributed by atoms with Gasteiger partial charge in [-0.25, -0.2) is 0 Å². The SMILES string of the molecule is Cc1ccc(CC2(N)CCCC2)o1. The molecule has 1 fully saturated rings. The first-order valence-corrected chi connectivity index (χ1v) is 5.02. The Balaban J connectivity index is 2.04. The van der Waals surface area contributed by atoms with Gasteiger partial charge in [-0.3, -0.25) is 0 Å². The summed E-state index contributed by atoms with van der Waals surface area (Å²) in [6.07, 6.45) is 5.74. The fourth-order valence-electron chi connectivity index (χ4n) is 2.18. The van der Waals surface area contributed by atoms with Crippen molar-refractivity contribution in [3.05, 3.63) is 23.7 Å². The Morgan fingerprint density at radius 1 is 1.38 bits per heavy atom. The fraction of sp³-hybridized carbons (Fsp3) is 0.636. The van der Waals surface area contributed by atoms with E-state index in [1.165, 1.54) is 12.8 Å². The van der Waals surface area contributed by atoms with Crippen molar-refractivity contribution < 1.29 is 4.42 Å². The van der Waals surface area contributed by atoms with Gasteiger partial charge >= 0.3 is 0 Å². The van der Waals surface area contributed by atoms with Crippen LogP contribution in [0.15, 0.2) is 16.5 Å². The number of aryl methyl sites for hydroxylation is 1. The summed E-state index contributed by atoms with van der Waals surface area (Å²) in [5.41, 5.74) is 6.26. The van der Waals surface area contributed by atoms with Crippen LogP contribution in [0.4, 0.5) is 0 Å². The Hall–Kier alpha value is -0.760. The van der Waals surface area contributed by atoms with Crippen LogP contribution in [-0.4, -0.2) is 5.54 Å². The lowest BCUT2D eigenvalue weighted by atomic mass is 9.93. The van der Waals surface area contributed by atoms with E-state index in [2.05, 4.69) is 0 Å². The van der Waals surface area contributed by atoms with Gasteiger partial charge in [-0.2, -0.15) is 0 Å². The summed E-state index contributed by atoms with van der Waals surface area (Å²) in [4.78, 5) is 0. The topological polar surface area (TPSA) is 39.2 Å². The lowest BCUT2D eigenvalue weighted by Gasteiger charge is -2.21. The predicted molar refractivity (Wildman–Crippen MR) is 52.5 cm³/mol. The van der Waals surface area contributed by atoms with Crippen molar-refractivity contribution in [2.45, 2.75) is 44.6 Å². The number of furan rings is 1. The summed E-state index contributed by atoms with van der Waals surface area (Å²) in [7, 11) is 0. The normalized spacial score (nSPS) is 20.8. The molecule has 0 radical (unpaired) electrons. The van der Waals surface area contributed by atoms with E-state index in [-0.39, 0.29) is 5.54 Å². The minimum atomic E-state index is 0.0181. The second-order valence-electron chi connectivity index (χ2n) is 4.26. The standard InChI is InChI=1S/C11H17NO/c1-9-4-5-10(13-9)8-11(12)6-2-3-7-11/h4-5H,2-3,6-8,12H2,1H3. The molecule has 0 spiro atoms. The van der Waals surface area contributed by atoms with E-state index in [0.29, 0.717) is 0 Å². The molecule has 0 unspecified atom stereocenters. The smallest absolute Gasteiger partial charge is 0.105 e. The highest BCUT2D eigenvalue weighted by Crippen LogP contribution is 2.30. The van der Waals surface area contributed by atoms with Gasteiger partial charge in [0.2, 0.25) is 0 Å². The number of rotatable bonds is 2. The van der Waals surface area contributed by atoms with Gasteiger partial charge in [0.05, 0.1) is 0 Å². The van der Waals surface area contributed by atoms with Gasteiger partial charge in [-0.15, -0.1) is 0 Å². The largest absolute Gasteiger partial charge is 0.466 e. The number of nitrogens with two attached hydrogens (primary N) is 1. The zero-order chi connectivity index (χ0) is 9.31. The number of hydrogen-bond acceptors (Lipinski definition) is 2. The Bertz CT molecular complexity index is 284. The molecular weight excluding hydrogens is 162 g/mol. The van der Waals surface area contributed by atoms with E-state index in [1.807, 2.05) is 19.1 Å². The van der Waals surface area contributed by atoms with Crippen molar-refractivity contribution >= 4 is 0 Å². The molecule has 1 aliphatic carbocycles. The molecule has 2 N–H and O–H groups in total. The molecule has 1 heterocycles. The van der Waals surface area contributed by atoms with E-state index in [0.717, 1.165) is 30.8 Å². The van der Waals surface area contributed by atoms with Gasteiger partial charge in [-0.05, 0) is 31.9 Å². The van der Waals surface area contributed by atoms with Gasteiger partial charge < -0.3 is 10.2 Å². The number of hydrogen-bond donors (Lipinski definition) is 1. The maximum atomic E-state index is 6.24. The predicted octanol–water partition coefficient (Wildman–Crippen LogP) is 2.40. The molecule has 2 heteroatoms. The minimum Gasteiger partial charge on any atom is -0.466 e. The maximum Gasteiger partial charge on any atom is 0.105 e. The Labute approximate surface area is 79.1 Å². The van der Waals surface area contributed by atoms with Crippen LogP contribution < -0.4 is 5.73 Å². The van der Waals surface area contributed by atoms with Crippen LogP contribution in [0.3, 0.4) is 0 Å². The van der Waals surface area contributed by atoms with Gasteiger partial charge in [-0.1, -0.05) is 12.8 Å². The molecule has 72 valence electrons. The molecule has 1 aromatic rings. The third kappa shape index (κ3) is 1.94. The van der Waals surface area contributed by atoms with Crippen LogP contribution >= 0.6 is 0 Å². The first-order chi connectivity index (χ1) is 6.18. The molecular formula is C11H17NO. The Morgan fingerprint density at radius 2 is 2.08 bits per heavy atom. The van der Waals surface area contributed by atoms with Gasteiger partial charge in [0, 0.05) is 12.0 Å². The molecule has 13 heavy (non-hydrogen) atoms. The van der Waals surface area contributed by atoms with E-state index >= 15 is 0 Å². The van der Waals surface area contributed by atoms with Crippen molar-refractivity contribution in [3.8, 4) is 0 Å². The average Bonchev–Trinajstić information content (AvgIpc) is 2.62. The first kappa shape index (κ1) is 8.82. The quantitative estimate of drug-likeness (QED) is 0.757. The Morgan fingerprint density at radius 3 is 2.62 bits per heavy atom. The highest BCUT2D eigenvalue weighted by Gasteiger charge is 2.30. The molecule has 2 nitrogen and oxygen atoms in total. The van der Waals surface area contributed by atoms with Crippen LogP contribution in [0.1, 0.15) is 37.2 Å². The van der Waals surface area contributed by atoms with Crippen LogP contribution in [0.2, 0.25) is 0 Å². The molecule has 0 aromatic carbocycles. The molecule has 0 atom stereocenters. The summed E-state index contributed by atoms with van der Waals surface area (Å²) in [6.45, 7) is 1.97. The monoisotopic (exact) mass is 179 g/mol. The molecule has 1 aliphatic rings. The summed E-state index contributed by atoms with van der Waals surface area (Å²) < 4.78 is 5.53. The minimum absolute atomic E-state index is 0.0181. The van der Waals surface area contributed by atoms with Crippen LogP contribution in [0, 0.1) is 6.92 Å².